The molecule has 18 rings (SSSR count). The average Bonchev–Trinajstić information content (AvgIpc) is 4.38. The lowest BCUT2D eigenvalue weighted by atomic mass is 9.65. The number of aromatic nitrogens is 1. The Hall–Kier alpha value is -9.76. The van der Waals surface area contributed by atoms with Gasteiger partial charge in [-0.05, 0) is 147 Å². The number of fused-ring (bicyclic) bond motifs is 27. The van der Waals surface area contributed by atoms with Crippen LogP contribution in [-0.2, 0) is 10.8 Å². The van der Waals surface area contributed by atoms with Gasteiger partial charge in [0.1, 0.15) is 0 Å². The largest absolute Gasteiger partial charge is 0.310 e. The molecule has 2 heteroatoms. The molecule has 1 aromatic heterocycles. The van der Waals surface area contributed by atoms with Crippen LogP contribution in [-0.4, -0.2) is 4.57 Å². The maximum atomic E-state index is 2.60. The Morgan fingerprint density at radius 2 is 0.776 bits per heavy atom. The van der Waals surface area contributed by atoms with E-state index in [4.69, 9.17) is 0 Å². The molecule has 0 saturated carbocycles. The quantitative estimate of drug-likeness (QED) is 0.160. The van der Waals surface area contributed by atoms with Gasteiger partial charge in [-0.25, -0.2) is 0 Å². The molecule has 1 aliphatic heterocycles. The molecule has 0 saturated heterocycles. The normalized spacial score (nSPS) is 15.5. The highest BCUT2D eigenvalue weighted by molar-refractivity contribution is 6.16. The van der Waals surface area contributed by atoms with E-state index in [-0.39, 0.29) is 0 Å². The van der Waals surface area contributed by atoms with E-state index in [0.717, 1.165) is 17.1 Å². The third-order valence-electron chi connectivity index (χ3n) is 18.1. The molecule has 350 valence electrons. The first-order chi connectivity index (χ1) is 37.7. The zero-order valence-corrected chi connectivity index (χ0v) is 41.3. The predicted octanol–water partition coefficient (Wildman–Crippen LogP) is 18.7. The van der Waals surface area contributed by atoms with Crippen molar-refractivity contribution in [1.82, 2.24) is 4.57 Å². The van der Waals surface area contributed by atoms with Crippen LogP contribution >= 0.6 is 0 Å². The predicted molar refractivity (Wildman–Crippen MR) is 315 cm³/mol. The van der Waals surface area contributed by atoms with E-state index in [1.807, 2.05) is 0 Å². The topological polar surface area (TPSA) is 8.17 Å². The number of anilines is 3. The Kier molecular flexibility index (Phi) is 7.77. The van der Waals surface area contributed by atoms with Gasteiger partial charge < -0.3 is 9.47 Å². The van der Waals surface area contributed by atoms with Crippen molar-refractivity contribution in [3.63, 3.8) is 0 Å². The van der Waals surface area contributed by atoms with E-state index < -0.39 is 10.8 Å². The minimum atomic E-state index is -0.610. The molecule has 14 aromatic rings. The molecule has 0 fully saturated rings. The number of rotatable bonds is 3. The van der Waals surface area contributed by atoms with Gasteiger partial charge in [0.2, 0.25) is 0 Å². The van der Waals surface area contributed by atoms with E-state index >= 15 is 0 Å². The molecular formula is C74H44N2. The van der Waals surface area contributed by atoms with Gasteiger partial charge in [0.15, 0.2) is 0 Å². The van der Waals surface area contributed by atoms with E-state index in [1.54, 1.807) is 0 Å². The van der Waals surface area contributed by atoms with E-state index in [9.17, 15) is 0 Å². The van der Waals surface area contributed by atoms with Crippen molar-refractivity contribution in [2.24, 2.45) is 0 Å². The van der Waals surface area contributed by atoms with Crippen molar-refractivity contribution < 1.29 is 0 Å². The van der Waals surface area contributed by atoms with E-state index in [2.05, 4.69) is 276 Å². The summed E-state index contributed by atoms with van der Waals surface area (Å²) in [5.41, 5.74) is 24.3. The summed E-state index contributed by atoms with van der Waals surface area (Å²) in [6.45, 7) is 0. The van der Waals surface area contributed by atoms with E-state index in [1.165, 1.54) is 138 Å². The van der Waals surface area contributed by atoms with Gasteiger partial charge in [-0.1, -0.05) is 224 Å². The third kappa shape index (κ3) is 4.80. The minimum absolute atomic E-state index is 0.540. The Morgan fingerprint density at radius 1 is 0.276 bits per heavy atom. The molecular weight excluding hydrogens is 917 g/mol. The van der Waals surface area contributed by atoms with Crippen LogP contribution in [0.3, 0.4) is 0 Å². The summed E-state index contributed by atoms with van der Waals surface area (Å²) in [5, 5.41) is 10.0. The molecule has 4 aliphatic rings. The molecule has 0 bridgehead atoms. The van der Waals surface area contributed by atoms with Crippen molar-refractivity contribution in [2.45, 2.75) is 10.8 Å². The first kappa shape index (κ1) is 40.7. The maximum Gasteiger partial charge on any atom is 0.0755 e. The lowest BCUT2D eigenvalue weighted by molar-refractivity contribution is 0.748. The molecule has 0 radical (unpaired) electrons. The lowest BCUT2D eigenvalue weighted by Crippen LogP contribution is -2.33. The van der Waals surface area contributed by atoms with Crippen molar-refractivity contribution in [2.75, 3.05) is 4.90 Å². The summed E-state index contributed by atoms with van der Waals surface area (Å²) in [5.74, 6) is 0. The summed E-state index contributed by atoms with van der Waals surface area (Å²) >= 11 is 0. The second-order valence-electron chi connectivity index (χ2n) is 21.4. The fraction of sp³-hybridized carbons (Fsp3) is 0.0270. The average molecular weight is 961 g/mol. The summed E-state index contributed by atoms with van der Waals surface area (Å²) in [6.07, 6.45) is 0. The number of benzene rings is 13. The van der Waals surface area contributed by atoms with Gasteiger partial charge in [-0.15, -0.1) is 0 Å². The first-order valence-electron chi connectivity index (χ1n) is 26.7. The number of para-hydroxylation sites is 3. The standard InChI is InChI=1S/C74H44N2/c1-4-21-50-45(18-1)36-41-64-71(50)59-40-38-48(44-67(59)73(64)60-29-11-7-23-52(60)53-24-8-12-30-61(53)73)75(70-42-46-19-2-3-20-49(46)51-22-5-6-26-56(51)70)47-37-39-55-54-25-9-13-31-62(54)74(66(55)43-47)63-32-14-16-35-69(63)76-68-34-15-10-27-57(68)58-28-17-33-65(74)72(58)76/h1-44H. The first-order valence-corrected chi connectivity index (χ1v) is 26.7. The van der Waals surface area contributed by atoms with Gasteiger partial charge in [0.05, 0.1) is 33.2 Å². The summed E-state index contributed by atoms with van der Waals surface area (Å²) in [7, 11) is 0. The molecule has 1 atom stereocenters. The summed E-state index contributed by atoms with van der Waals surface area (Å²) in [4.78, 5) is 2.60. The monoisotopic (exact) mass is 960 g/mol. The van der Waals surface area contributed by atoms with Crippen LogP contribution in [0.1, 0.15) is 44.5 Å². The van der Waals surface area contributed by atoms with Crippen molar-refractivity contribution in [1.29, 1.82) is 0 Å². The zero-order valence-electron chi connectivity index (χ0n) is 41.3. The third-order valence-corrected chi connectivity index (χ3v) is 18.1. The zero-order chi connectivity index (χ0) is 49.4. The van der Waals surface area contributed by atoms with Gasteiger partial charge >= 0.3 is 0 Å². The molecule has 3 aliphatic carbocycles. The van der Waals surface area contributed by atoms with Gasteiger partial charge in [0, 0.05) is 27.5 Å². The number of hydrogen-bond donors (Lipinski definition) is 0. The van der Waals surface area contributed by atoms with Crippen LogP contribution in [0.4, 0.5) is 17.1 Å². The van der Waals surface area contributed by atoms with Crippen molar-refractivity contribution >= 4 is 71.2 Å². The molecule has 2 spiro atoms. The molecule has 0 amide bonds. The molecule has 1 unspecified atom stereocenters. The lowest BCUT2D eigenvalue weighted by Gasteiger charge is -2.40. The number of hydrogen-bond acceptors (Lipinski definition) is 1. The van der Waals surface area contributed by atoms with Crippen LogP contribution in [0.2, 0.25) is 0 Å². The fourth-order valence-corrected chi connectivity index (χ4v) is 15.4. The molecule has 2 nitrogen and oxygen atoms in total. The minimum Gasteiger partial charge on any atom is -0.310 e. The molecule has 0 N–H and O–H groups in total. The second-order valence-corrected chi connectivity index (χ2v) is 21.4. The van der Waals surface area contributed by atoms with Crippen LogP contribution < -0.4 is 4.90 Å². The van der Waals surface area contributed by atoms with Gasteiger partial charge in [-0.3, -0.25) is 0 Å². The van der Waals surface area contributed by atoms with Crippen LogP contribution in [0.15, 0.2) is 267 Å². The highest BCUT2D eigenvalue weighted by Crippen LogP contribution is 2.66. The highest BCUT2D eigenvalue weighted by Gasteiger charge is 2.53. The Bertz CT molecular complexity index is 4870. The highest BCUT2D eigenvalue weighted by atomic mass is 15.1. The Morgan fingerprint density at radius 3 is 1.50 bits per heavy atom. The molecule has 13 aromatic carbocycles. The Labute approximate surface area is 439 Å². The fourth-order valence-electron chi connectivity index (χ4n) is 15.4. The summed E-state index contributed by atoms with van der Waals surface area (Å²) < 4.78 is 2.54. The second kappa shape index (κ2) is 14.5. The smallest absolute Gasteiger partial charge is 0.0755 e. The molecule has 76 heavy (non-hydrogen) atoms. The summed E-state index contributed by atoms with van der Waals surface area (Å²) in [6, 6.07) is 102. The Balaban J connectivity index is 0.967. The van der Waals surface area contributed by atoms with Crippen LogP contribution in [0.5, 0.6) is 0 Å². The van der Waals surface area contributed by atoms with Crippen molar-refractivity contribution in [3.05, 3.63) is 311 Å². The van der Waals surface area contributed by atoms with Crippen LogP contribution in [0.25, 0.3) is 93.2 Å². The van der Waals surface area contributed by atoms with Crippen LogP contribution in [0, 0.1) is 0 Å². The SMILES string of the molecule is c1ccc2c(c1)-c1ccccc1C21c2cc(N(c3ccc4c(c3)C3(c5ccccc5-4)c4ccccc4-n4c5ccccc5c5cccc3c54)c3cc4ccccc4c4ccccc34)ccc2-c2c1ccc1ccccc21. The van der Waals surface area contributed by atoms with Gasteiger partial charge in [0.25, 0.3) is 0 Å². The molecule has 2 heterocycles. The van der Waals surface area contributed by atoms with Gasteiger partial charge in [-0.2, -0.15) is 0 Å². The van der Waals surface area contributed by atoms with Crippen molar-refractivity contribution in [3.8, 4) is 39.1 Å². The van der Waals surface area contributed by atoms with E-state index in [0.29, 0.717) is 0 Å². The maximum absolute atomic E-state index is 2.60. The number of nitrogens with zero attached hydrogens (tertiary/aromatic N) is 2.